The van der Waals surface area contributed by atoms with E-state index in [-0.39, 0.29) is 25.0 Å². The molecule has 1 aromatic carbocycles. The molecule has 0 unspecified atom stereocenters. The Morgan fingerprint density at radius 2 is 2.00 bits per heavy atom. The van der Waals surface area contributed by atoms with Crippen molar-refractivity contribution in [2.45, 2.75) is 19.8 Å². The topological polar surface area (TPSA) is 43.4 Å². The van der Waals surface area contributed by atoms with E-state index in [1.807, 2.05) is 0 Å². The molecule has 0 aromatic heterocycles. The van der Waals surface area contributed by atoms with Crippen LogP contribution in [0, 0.1) is 11.6 Å². The Kier molecular flexibility index (Phi) is 5.85. The Bertz CT molecular complexity index is 495. The summed E-state index contributed by atoms with van der Waals surface area (Å²) < 4.78 is 30.7. The van der Waals surface area contributed by atoms with Crippen LogP contribution in [-0.2, 0) is 9.53 Å². The lowest BCUT2D eigenvalue weighted by atomic mass is 10.1. The molecule has 0 spiro atoms. The molecule has 0 saturated heterocycles. The smallest absolute Gasteiger partial charge is 0.306 e. The molecule has 1 rings (SSSR count). The number of benzene rings is 1. The summed E-state index contributed by atoms with van der Waals surface area (Å²) in [5.41, 5.74) is -0.220. The van der Waals surface area contributed by atoms with E-state index in [4.69, 9.17) is 4.74 Å². The van der Waals surface area contributed by atoms with E-state index in [0.29, 0.717) is 6.07 Å². The van der Waals surface area contributed by atoms with Crippen LogP contribution in [0.4, 0.5) is 8.78 Å². The fourth-order valence-corrected chi connectivity index (χ4v) is 1.38. The lowest BCUT2D eigenvalue weighted by Gasteiger charge is -2.03. The van der Waals surface area contributed by atoms with Gasteiger partial charge in [0.2, 0.25) is 0 Å². The molecule has 0 heterocycles. The summed E-state index contributed by atoms with van der Waals surface area (Å²) in [6, 6.07) is 2.70. The van der Waals surface area contributed by atoms with Gasteiger partial charge in [-0.25, -0.2) is 8.78 Å². The second-order valence-electron chi connectivity index (χ2n) is 3.80. The zero-order valence-corrected chi connectivity index (χ0v) is 10.5. The standard InChI is InChI=1S/C14H14F2O3/c1-2-3-8-19-14(18)7-6-13(17)11-5-4-10(15)9-12(11)16/h2-5,9H,6-8H2,1H3/b3-2+. The number of rotatable bonds is 6. The van der Waals surface area contributed by atoms with Crippen molar-refractivity contribution in [3.8, 4) is 0 Å². The number of carbonyl (C=O) groups is 2. The van der Waals surface area contributed by atoms with Crippen molar-refractivity contribution < 1.29 is 23.1 Å². The summed E-state index contributed by atoms with van der Waals surface area (Å²) in [6.07, 6.45) is 3.08. The molecule has 0 N–H and O–H groups in total. The number of Topliss-reactive ketones (excluding diaryl/α,β-unsaturated/α-hetero) is 1. The molecule has 0 bridgehead atoms. The molecule has 0 aliphatic rings. The second-order valence-corrected chi connectivity index (χ2v) is 3.80. The molecule has 0 radical (unpaired) electrons. The predicted molar refractivity (Wildman–Crippen MR) is 65.7 cm³/mol. The van der Waals surface area contributed by atoms with Crippen molar-refractivity contribution in [1.82, 2.24) is 0 Å². The van der Waals surface area contributed by atoms with E-state index < -0.39 is 23.4 Å². The molecular formula is C14H14F2O3. The van der Waals surface area contributed by atoms with Crippen LogP contribution < -0.4 is 0 Å². The highest BCUT2D eigenvalue weighted by atomic mass is 19.1. The van der Waals surface area contributed by atoms with Crippen LogP contribution in [0.5, 0.6) is 0 Å². The third-order valence-corrected chi connectivity index (χ3v) is 2.36. The van der Waals surface area contributed by atoms with Gasteiger partial charge in [-0.3, -0.25) is 9.59 Å². The average Bonchev–Trinajstić information content (AvgIpc) is 2.36. The van der Waals surface area contributed by atoms with Crippen LogP contribution >= 0.6 is 0 Å². The molecule has 102 valence electrons. The first-order valence-electron chi connectivity index (χ1n) is 5.79. The summed E-state index contributed by atoms with van der Waals surface area (Å²) in [7, 11) is 0. The van der Waals surface area contributed by atoms with Crippen LogP contribution in [0.2, 0.25) is 0 Å². The van der Waals surface area contributed by atoms with Crippen molar-refractivity contribution in [2.75, 3.05) is 6.61 Å². The Morgan fingerprint density at radius 3 is 2.63 bits per heavy atom. The molecule has 0 atom stereocenters. The van der Waals surface area contributed by atoms with Crippen molar-refractivity contribution in [1.29, 1.82) is 0 Å². The quantitative estimate of drug-likeness (QED) is 0.452. The normalized spacial score (nSPS) is 10.7. The summed E-state index contributed by atoms with van der Waals surface area (Å²) >= 11 is 0. The first-order valence-corrected chi connectivity index (χ1v) is 5.79. The Labute approximate surface area is 109 Å². The number of carbonyl (C=O) groups excluding carboxylic acids is 2. The van der Waals surface area contributed by atoms with Crippen LogP contribution in [0.15, 0.2) is 30.4 Å². The van der Waals surface area contributed by atoms with E-state index >= 15 is 0 Å². The third-order valence-electron chi connectivity index (χ3n) is 2.36. The van der Waals surface area contributed by atoms with Gasteiger partial charge in [0.05, 0.1) is 12.0 Å². The minimum Gasteiger partial charge on any atom is -0.461 e. The van der Waals surface area contributed by atoms with Gasteiger partial charge in [-0.15, -0.1) is 0 Å². The van der Waals surface area contributed by atoms with Gasteiger partial charge in [-0.2, -0.15) is 0 Å². The number of hydrogen-bond donors (Lipinski definition) is 0. The number of allylic oxidation sites excluding steroid dienone is 1. The molecule has 19 heavy (non-hydrogen) atoms. The highest BCUT2D eigenvalue weighted by Crippen LogP contribution is 2.12. The maximum atomic E-state index is 13.3. The van der Waals surface area contributed by atoms with Crippen molar-refractivity contribution >= 4 is 11.8 Å². The minimum atomic E-state index is -0.924. The molecule has 0 aliphatic carbocycles. The maximum absolute atomic E-state index is 13.3. The molecule has 3 nitrogen and oxygen atoms in total. The monoisotopic (exact) mass is 268 g/mol. The Hall–Kier alpha value is -2.04. The zero-order chi connectivity index (χ0) is 14.3. The largest absolute Gasteiger partial charge is 0.461 e. The lowest BCUT2D eigenvalue weighted by molar-refractivity contribution is -0.142. The molecule has 1 aromatic rings. The minimum absolute atomic E-state index is 0.132. The van der Waals surface area contributed by atoms with Crippen molar-refractivity contribution in [3.05, 3.63) is 47.5 Å². The van der Waals surface area contributed by atoms with Crippen molar-refractivity contribution in [3.63, 3.8) is 0 Å². The molecule has 0 amide bonds. The van der Waals surface area contributed by atoms with Crippen LogP contribution in [0.3, 0.4) is 0 Å². The van der Waals surface area contributed by atoms with Crippen LogP contribution in [0.1, 0.15) is 30.1 Å². The van der Waals surface area contributed by atoms with E-state index in [1.165, 1.54) is 0 Å². The molecule has 5 heteroatoms. The number of hydrogen-bond acceptors (Lipinski definition) is 3. The van der Waals surface area contributed by atoms with E-state index in [0.717, 1.165) is 12.1 Å². The third kappa shape index (κ3) is 4.99. The van der Waals surface area contributed by atoms with Gasteiger partial charge in [-0.05, 0) is 19.1 Å². The summed E-state index contributed by atoms with van der Waals surface area (Å²) in [5.74, 6) is -2.76. The molecular weight excluding hydrogens is 254 g/mol. The summed E-state index contributed by atoms with van der Waals surface area (Å²) in [5, 5.41) is 0. The first-order chi connectivity index (χ1) is 9.04. The van der Waals surface area contributed by atoms with Gasteiger partial charge in [0.15, 0.2) is 5.78 Å². The van der Waals surface area contributed by atoms with E-state index in [2.05, 4.69) is 0 Å². The Balaban J connectivity index is 2.49. The van der Waals surface area contributed by atoms with Gasteiger partial charge in [0.1, 0.15) is 18.2 Å². The fourth-order valence-electron chi connectivity index (χ4n) is 1.38. The first kappa shape index (κ1) is 15.0. The second kappa shape index (κ2) is 7.41. The predicted octanol–water partition coefficient (Wildman–Crippen LogP) is 3.05. The van der Waals surface area contributed by atoms with Gasteiger partial charge < -0.3 is 4.74 Å². The summed E-state index contributed by atoms with van der Waals surface area (Å²) in [4.78, 5) is 22.9. The molecule has 0 fully saturated rings. The van der Waals surface area contributed by atoms with Crippen molar-refractivity contribution in [2.24, 2.45) is 0 Å². The average molecular weight is 268 g/mol. The van der Waals surface area contributed by atoms with Gasteiger partial charge in [-0.1, -0.05) is 12.2 Å². The Morgan fingerprint density at radius 1 is 1.26 bits per heavy atom. The molecule has 0 aliphatic heterocycles. The number of ketones is 1. The zero-order valence-electron chi connectivity index (χ0n) is 10.5. The maximum Gasteiger partial charge on any atom is 0.306 e. The van der Waals surface area contributed by atoms with Gasteiger partial charge in [0, 0.05) is 12.5 Å². The van der Waals surface area contributed by atoms with Crippen LogP contribution in [0.25, 0.3) is 0 Å². The highest BCUT2D eigenvalue weighted by molar-refractivity contribution is 5.97. The number of halogens is 2. The lowest BCUT2D eigenvalue weighted by Crippen LogP contribution is -2.09. The van der Waals surface area contributed by atoms with E-state index in [9.17, 15) is 18.4 Å². The van der Waals surface area contributed by atoms with Crippen LogP contribution in [-0.4, -0.2) is 18.4 Å². The number of esters is 1. The SMILES string of the molecule is C/C=C/COC(=O)CCC(=O)c1ccc(F)cc1F. The highest BCUT2D eigenvalue weighted by Gasteiger charge is 2.14. The molecule has 0 saturated carbocycles. The van der Waals surface area contributed by atoms with Gasteiger partial charge >= 0.3 is 5.97 Å². The summed E-state index contributed by atoms with van der Waals surface area (Å²) in [6.45, 7) is 1.93. The fraction of sp³-hybridized carbons (Fsp3) is 0.286. The van der Waals surface area contributed by atoms with E-state index in [1.54, 1.807) is 19.1 Å². The van der Waals surface area contributed by atoms with Gasteiger partial charge in [0.25, 0.3) is 0 Å². The number of ether oxygens (including phenoxy) is 1.